The summed E-state index contributed by atoms with van der Waals surface area (Å²) < 4.78 is 2.04. The molecule has 0 saturated carbocycles. The van der Waals surface area contributed by atoms with Crippen LogP contribution in [0.2, 0.25) is 0 Å². The van der Waals surface area contributed by atoms with E-state index in [0.29, 0.717) is 38.4 Å². The van der Waals surface area contributed by atoms with Gasteiger partial charge >= 0.3 is 5.69 Å². The number of aromatic amines is 2. The summed E-state index contributed by atoms with van der Waals surface area (Å²) in [6.45, 7) is 2.25. The molecule has 1 fully saturated rings. The van der Waals surface area contributed by atoms with Gasteiger partial charge in [-0.2, -0.15) is 0 Å². The molecule has 1 aromatic carbocycles. The predicted molar refractivity (Wildman–Crippen MR) is 103 cm³/mol. The quantitative estimate of drug-likeness (QED) is 0.703. The molecule has 0 spiro atoms. The lowest BCUT2D eigenvalue weighted by Gasteiger charge is -2.35. The van der Waals surface area contributed by atoms with Crippen LogP contribution in [0, 0.1) is 0 Å². The number of rotatable bonds is 3. The average Bonchev–Trinajstić information content (AvgIpc) is 2.97. The molecule has 3 heterocycles. The molecule has 0 unspecified atom stereocenters. The highest BCUT2D eigenvalue weighted by molar-refractivity contribution is 5.89. The van der Waals surface area contributed by atoms with E-state index in [1.54, 1.807) is 0 Å². The van der Waals surface area contributed by atoms with Crippen molar-refractivity contribution in [2.24, 2.45) is 7.05 Å². The fourth-order valence-corrected chi connectivity index (χ4v) is 3.66. The molecule has 1 saturated heterocycles. The number of H-pyrrole nitrogens is 2. The third-order valence-electron chi connectivity index (χ3n) is 5.04. The van der Waals surface area contributed by atoms with Crippen LogP contribution in [0.1, 0.15) is 5.56 Å². The van der Waals surface area contributed by atoms with Gasteiger partial charge < -0.3 is 14.4 Å². The molecule has 4 rings (SSSR count). The molecule has 2 aromatic heterocycles. The zero-order valence-corrected chi connectivity index (χ0v) is 15.1. The van der Waals surface area contributed by atoms with Crippen molar-refractivity contribution in [2.45, 2.75) is 6.42 Å². The third-order valence-corrected chi connectivity index (χ3v) is 5.04. The number of carbonyl (C=O) groups excluding carboxylic acids is 1. The first kappa shape index (κ1) is 17.1. The molecule has 2 N–H and O–H groups in total. The van der Waals surface area contributed by atoms with Crippen LogP contribution in [0.3, 0.4) is 0 Å². The van der Waals surface area contributed by atoms with Crippen LogP contribution >= 0.6 is 0 Å². The zero-order valence-electron chi connectivity index (χ0n) is 15.1. The van der Waals surface area contributed by atoms with Crippen molar-refractivity contribution in [3.05, 3.63) is 62.9 Å². The van der Waals surface area contributed by atoms with Crippen LogP contribution in [0.25, 0.3) is 10.9 Å². The largest absolute Gasteiger partial charge is 0.354 e. The number of hydrogen-bond acceptors (Lipinski definition) is 4. The standard InChI is InChI=1S/C19H21N5O3/c1-22-12-13(14-4-2-3-5-15(14)22)10-18(26)24-8-6-23(7-9-24)16-11-17(25)21-19(27)20-16/h2-5,11-12H,6-10H2,1H3,(H2,20,21,25,27). The van der Waals surface area contributed by atoms with Gasteiger partial charge in [-0.3, -0.25) is 19.6 Å². The molecule has 0 radical (unpaired) electrons. The molecule has 1 amide bonds. The van der Waals surface area contributed by atoms with Crippen LogP contribution in [0.5, 0.6) is 0 Å². The van der Waals surface area contributed by atoms with E-state index in [1.165, 1.54) is 6.07 Å². The van der Waals surface area contributed by atoms with Gasteiger partial charge in [-0.1, -0.05) is 18.2 Å². The topological polar surface area (TPSA) is 94.2 Å². The Labute approximate surface area is 155 Å². The Balaban J connectivity index is 1.44. The normalized spacial score (nSPS) is 14.7. The SMILES string of the molecule is Cn1cc(CC(=O)N2CCN(c3cc(=O)[nH]c(=O)[nH]3)CC2)c2ccccc21. The zero-order chi connectivity index (χ0) is 19.0. The van der Waals surface area contributed by atoms with E-state index < -0.39 is 11.2 Å². The second-order valence-electron chi connectivity index (χ2n) is 6.80. The highest BCUT2D eigenvalue weighted by Crippen LogP contribution is 2.21. The summed E-state index contributed by atoms with van der Waals surface area (Å²) in [5, 5.41) is 1.10. The lowest BCUT2D eigenvalue weighted by Crippen LogP contribution is -2.50. The number of piperazine rings is 1. The Morgan fingerprint density at radius 1 is 1.07 bits per heavy atom. The number of aryl methyl sites for hydroxylation is 1. The van der Waals surface area contributed by atoms with Crippen molar-refractivity contribution in [1.82, 2.24) is 19.4 Å². The number of carbonyl (C=O) groups is 1. The molecule has 3 aromatic rings. The summed E-state index contributed by atoms with van der Waals surface area (Å²) in [6.07, 6.45) is 2.38. The maximum Gasteiger partial charge on any atom is 0.327 e. The lowest BCUT2D eigenvalue weighted by molar-refractivity contribution is -0.130. The van der Waals surface area contributed by atoms with E-state index >= 15 is 0 Å². The van der Waals surface area contributed by atoms with Crippen LogP contribution in [-0.2, 0) is 18.3 Å². The number of hydrogen-bond donors (Lipinski definition) is 2. The Hall–Kier alpha value is -3.29. The van der Waals surface area contributed by atoms with Gasteiger partial charge in [0, 0.05) is 56.4 Å². The van der Waals surface area contributed by atoms with Crippen molar-refractivity contribution in [3.63, 3.8) is 0 Å². The van der Waals surface area contributed by atoms with Gasteiger partial charge in [0.15, 0.2) is 0 Å². The van der Waals surface area contributed by atoms with Gasteiger partial charge in [-0.25, -0.2) is 4.79 Å². The maximum atomic E-state index is 12.8. The van der Waals surface area contributed by atoms with Gasteiger partial charge in [-0.05, 0) is 11.6 Å². The number of benzene rings is 1. The smallest absolute Gasteiger partial charge is 0.327 e. The Bertz CT molecular complexity index is 1070. The van der Waals surface area contributed by atoms with Crippen molar-refractivity contribution in [1.29, 1.82) is 0 Å². The summed E-state index contributed by atoms with van der Waals surface area (Å²) in [7, 11) is 1.98. The van der Waals surface area contributed by atoms with Gasteiger partial charge in [0.25, 0.3) is 5.56 Å². The summed E-state index contributed by atoms with van der Waals surface area (Å²) in [6, 6.07) is 9.43. The molecule has 1 aliphatic heterocycles. The Morgan fingerprint density at radius 3 is 2.56 bits per heavy atom. The molecule has 0 atom stereocenters. The van der Waals surface area contributed by atoms with Crippen LogP contribution in [-0.4, -0.2) is 51.5 Å². The van der Waals surface area contributed by atoms with Crippen molar-refractivity contribution in [2.75, 3.05) is 31.1 Å². The first-order valence-corrected chi connectivity index (χ1v) is 8.90. The number of para-hydroxylation sites is 1. The first-order valence-electron chi connectivity index (χ1n) is 8.90. The fraction of sp³-hybridized carbons (Fsp3) is 0.316. The van der Waals surface area contributed by atoms with E-state index in [4.69, 9.17) is 0 Å². The molecule has 27 heavy (non-hydrogen) atoms. The summed E-state index contributed by atoms with van der Waals surface area (Å²) in [5.41, 5.74) is 1.19. The first-order chi connectivity index (χ1) is 13.0. The van der Waals surface area contributed by atoms with Crippen LogP contribution < -0.4 is 16.1 Å². The van der Waals surface area contributed by atoms with E-state index in [0.717, 1.165) is 16.5 Å². The molecule has 8 heteroatoms. The van der Waals surface area contributed by atoms with Crippen LogP contribution in [0.15, 0.2) is 46.1 Å². The van der Waals surface area contributed by atoms with Gasteiger partial charge in [0.05, 0.1) is 6.42 Å². The van der Waals surface area contributed by atoms with E-state index in [1.807, 2.05) is 51.9 Å². The summed E-state index contributed by atoms with van der Waals surface area (Å²) >= 11 is 0. The minimum Gasteiger partial charge on any atom is -0.354 e. The number of nitrogens with one attached hydrogen (secondary N) is 2. The van der Waals surface area contributed by atoms with E-state index in [-0.39, 0.29) is 5.91 Å². The molecule has 0 aliphatic carbocycles. The van der Waals surface area contributed by atoms with Crippen molar-refractivity contribution >= 4 is 22.6 Å². The highest BCUT2D eigenvalue weighted by Gasteiger charge is 2.23. The Kier molecular flexibility index (Phi) is 4.31. The van der Waals surface area contributed by atoms with Crippen molar-refractivity contribution in [3.8, 4) is 0 Å². The number of fused-ring (bicyclic) bond motifs is 1. The molecular formula is C19H21N5O3. The van der Waals surface area contributed by atoms with Crippen molar-refractivity contribution < 1.29 is 4.79 Å². The number of anilines is 1. The number of amides is 1. The second kappa shape index (κ2) is 6.79. The molecule has 8 nitrogen and oxygen atoms in total. The molecular weight excluding hydrogens is 346 g/mol. The second-order valence-corrected chi connectivity index (χ2v) is 6.80. The molecule has 140 valence electrons. The predicted octanol–water partition coefficient (Wildman–Crippen LogP) is 0.446. The fourth-order valence-electron chi connectivity index (χ4n) is 3.66. The van der Waals surface area contributed by atoms with E-state index in [2.05, 4.69) is 9.97 Å². The summed E-state index contributed by atoms with van der Waals surface area (Å²) in [5.74, 6) is 0.579. The maximum absolute atomic E-state index is 12.8. The van der Waals surface area contributed by atoms with Gasteiger partial charge in [-0.15, -0.1) is 0 Å². The lowest BCUT2D eigenvalue weighted by atomic mass is 10.1. The van der Waals surface area contributed by atoms with Gasteiger partial charge in [0.2, 0.25) is 5.91 Å². The minimum absolute atomic E-state index is 0.0883. The summed E-state index contributed by atoms with van der Waals surface area (Å²) in [4.78, 5) is 44.2. The van der Waals surface area contributed by atoms with E-state index in [9.17, 15) is 14.4 Å². The number of nitrogens with zero attached hydrogens (tertiary/aromatic N) is 3. The number of aromatic nitrogens is 3. The van der Waals surface area contributed by atoms with Crippen LogP contribution in [0.4, 0.5) is 5.82 Å². The van der Waals surface area contributed by atoms with Gasteiger partial charge in [0.1, 0.15) is 5.82 Å². The average molecular weight is 367 g/mol. The Morgan fingerprint density at radius 2 is 1.81 bits per heavy atom. The monoisotopic (exact) mass is 367 g/mol. The molecule has 1 aliphatic rings. The highest BCUT2D eigenvalue weighted by atomic mass is 16.2. The minimum atomic E-state index is -0.521. The molecule has 0 bridgehead atoms. The third kappa shape index (κ3) is 3.38.